The van der Waals surface area contributed by atoms with E-state index in [1.54, 1.807) is 6.26 Å². The maximum absolute atomic E-state index is 11.8. The van der Waals surface area contributed by atoms with E-state index < -0.39 is 0 Å². The lowest BCUT2D eigenvalue weighted by Gasteiger charge is -2.17. The summed E-state index contributed by atoms with van der Waals surface area (Å²) in [4.78, 5) is 11.8. The summed E-state index contributed by atoms with van der Waals surface area (Å²) in [5, 5.41) is 2.82. The van der Waals surface area contributed by atoms with Crippen molar-refractivity contribution in [3.05, 3.63) is 54.2 Å². The molecule has 0 atom stereocenters. The van der Waals surface area contributed by atoms with Crippen LogP contribution in [0.2, 0.25) is 0 Å². The van der Waals surface area contributed by atoms with E-state index >= 15 is 0 Å². The van der Waals surface area contributed by atoms with E-state index in [0.717, 1.165) is 5.76 Å². The van der Waals surface area contributed by atoms with Crippen molar-refractivity contribution in [1.29, 1.82) is 0 Å². The molecule has 0 aliphatic rings. The molecule has 0 saturated carbocycles. The predicted molar refractivity (Wildman–Crippen MR) is 75.9 cm³/mol. The number of nitrogens with one attached hydrogen (secondary N) is 1. The van der Waals surface area contributed by atoms with Crippen LogP contribution in [0.1, 0.15) is 32.1 Å². The van der Waals surface area contributed by atoms with Crippen LogP contribution in [0.15, 0.2) is 47.3 Å². The van der Waals surface area contributed by atoms with Gasteiger partial charge in [0.25, 0.3) is 5.91 Å². The molecule has 0 bridgehead atoms. The van der Waals surface area contributed by atoms with E-state index in [2.05, 4.69) is 38.2 Å². The van der Waals surface area contributed by atoms with Gasteiger partial charge in [-0.3, -0.25) is 4.79 Å². The summed E-state index contributed by atoms with van der Waals surface area (Å²) < 4.78 is 7.03. The van der Waals surface area contributed by atoms with Gasteiger partial charge in [0.2, 0.25) is 6.54 Å². The molecule has 0 saturated heterocycles. The molecule has 106 valence electrons. The smallest absolute Gasteiger partial charge is 0.286 e. The van der Waals surface area contributed by atoms with Crippen LogP contribution in [-0.2, 0) is 23.3 Å². The van der Waals surface area contributed by atoms with Crippen LogP contribution in [0.3, 0.4) is 0 Å². The SMILES string of the molecule is CC(C)(C)c1cc[n+](CC(=O)NCc2ccco2)cc1. The zero-order valence-electron chi connectivity index (χ0n) is 12.2. The fourth-order valence-electron chi connectivity index (χ4n) is 1.88. The number of pyridine rings is 1. The molecule has 0 aromatic carbocycles. The molecular formula is C16H21N2O2+. The van der Waals surface area contributed by atoms with Crippen LogP contribution in [0, 0.1) is 0 Å². The van der Waals surface area contributed by atoms with Crippen molar-refractivity contribution in [3.63, 3.8) is 0 Å². The highest BCUT2D eigenvalue weighted by molar-refractivity contribution is 5.74. The summed E-state index contributed by atoms with van der Waals surface area (Å²) in [6.45, 7) is 7.24. The van der Waals surface area contributed by atoms with Gasteiger partial charge in [-0.05, 0) is 23.1 Å². The zero-order chi connectivity index (χ0) is 14.6. The van der Waals surface area contributed by atoms with Gasteiger partial charge in [-0.25, -0.2) is 0 Å². The lowest BCUT2D eigenvalue weighted by atomic mass is 9.88. The summed E-state index contributed by atoms with van der Waals surface area (Å²) in [6, 6.07) is 7.76. The molecule has 0 spiro atoms. The van der Waals surface area contributed by atoms with Crippen LogP contribution in [0.25, 0.3) is 0 Å². The Morgan fingerprint density at radius 1 is 1.25 bits per heavy atom. The molecule has 2 heterocycles. The van der Waals surface area contributed by atoms with E-state index in [0.29, 0.717) is 13.1 Å². The van der Waals surface area contributed by atoms with Gasteiger partial charge in [-0.1, -0.05) is 20.8 Å². The topological polar surface area (TPSA) is 46.1 Å². The molecule has 0 aliphatic heterocycles. The zero-order valence-corrected chi connectivity index (χ0v) is 12.2. The third-order valence-corrected chi connectivity index (χ3v) is 3.12. The Hall–Kier alpha value is -2.10. The molecule has 0 radical (unpaired) electrons. The van der Waals surface area contributed by atoms with Gasteiger partial charge in [0.15, 0.2) is 12.4 Å². The first kappa shape index (κ1) is 14.3. The second-order valence-corrected chi connectivity index (χ2v) is 5.87. The maximum Gasteiger partial charge on any atom is 0.286 e. The lowest BCUT2D eigenvalue weighted by molar-refractivity contribution is -0.684. The first-order valence-corrected chi connectivity index (χ1v) is 6.74. The van der Waals surface area contributed by atoms with Crippen LogP contribution in [-0.4, -0.2) is 5.91 Å². The normalized spacial score (nSPS) is 11.3. The summed E-state index contributed by atoms with van der Waals surface area (Å²) >= 11 is 0. The number of carbonyl (C=O) groups excluding carboxylic acids is 1. The number of hydrogen-bond donors (Lipinski definition) is 1. The minimum absolute atomic E-state index is 0.0325. The van der Waals surface area contributed by atoms with E-state index in [1.165, 1.54) is 5.56 Å². The lowest BCUT2D eigenvalue weighted by Crippen LogP contribution is -2.42. The van der Waals surface area contributed by atoms with Gasteiger partial charge in [-0.2, -0.15) is 4.57 Å². The third kappa shape index (κ3) is 3.95. The number of nitrogens with zero attached hydrogens (tertiary/aromatic N) is 1. The predicted octanol–water partition coefficient (Wildman–Crippen LogP) is 2.18. The summed E-state index contributed by atoms with van der Waals surface area (Å²) in [6.07, 6.45) is 5.47. The Balaban J connectivity index is 1.88. The molecule has 0 aliphatic carbocycles. The summed E-state index contributed by atoms with van der Waals surface area (Å²) in [7, 11) is 0. The Bertz CT molecular complexity index is 551. The highest BCUT2D eigenvalue weighted by Gasteiger charge is 2.16. The van der Waals surface area contributed by atoms with Gasteiger partial charge < -0.3 is 9.73 Å². The van der Waals surface area contributed by atoms with Crippen LogP contribution in [0.4, 0.5) is 0 Å². The number of carbonyl (C=O) groups is 1. The average molecular weight is 273 g/mol. The van der Waals surface area contributed by atoms with Crippen molar-refractivity contribution in [2.45, 2.75) is 39.3 Å². The molecule has 0 unspecified atom stereocenters. The second kappa shape index (κ2) is 5.90. The van der Waals surface area contributed by atoms with Gasteiger partial charge in [0, 0.05) is 12.1 Å². The number of aromatic nitrogens is 1. The van der Waals surface area contributed by atoms with Crippen molar-refractivity contribution in [3.8, 4) is 0 Å². The monoisotopic (exact) mass is 273 g/mol. The molecule has 1 N–H and O–H groups in total. The van der Waals surface area contributed by atoms with E-state index in [4.69, 9.17) is 4.42 Å². The van der Waals surface area contributed by atoms with Crippen molar-refractivity contribution < 1.29 is 13.8 Å². The van der Waals surface area contributed by atoms with Crippen LogP contribution >= 0.6 is 0 Å². The molecule has 4 heteroatoms. The van der Waals surface area contributed by atoms with E-state index in [9.17, 15) is 4.79 Å². The molecule has 20 heavy (non-hydrogen) atoms. The number of amides is 1. The van der Waals surface area contributed by atoms with Gasteiger partial charge in [0.1, 0.15) is 5.76 Å². The fraction of sp³-hybridized carbons (Fsp3) is 0.375. The van der Waals surface area contributed by atoms with Crippen molar-refractivity contribution in [2.75, 3.05) is 0 Å². The average Bonchev–Trinajstić information content (AvgIpc) is 2.89. The van der Waals surface area contributed by atoms with Gasteiger partial charge in [0.05, 0.1) is 12.8 Å². The Kier molecular flexibility index (Phi) is 4.23. The largest absolute Gasteiger partial charge is 0.467 e. The van der Waals surface area contributed by atoms with Gasteiger partial charge >= 0.3 is 0 Å². The standard InChI is InChI=1S/C16H20N2O2/c1-16(2,3)13-6-8-18(9-7-13)12-15(19)17-11-14-5-4-10-20-14/h4-10H,11-12H2,1-3H3/p+1. The number of furan rings is 1. The summed E-state index contributed by atoms with van der Waals surface area (Å²) in [5.41, 5.74) is 1.38. The molecule has 2 rings (SSSR count). The quantitative estimate of drug-likeness (QED) is 0.868. The Morgan fingerprint density at radius 2 is 1.95 bits per heavy atom. The van der Waals surface area contributed by atoms with Crippen molar-refractivity contribution >= 4 is 5.91 Å². The number of hydrogen-bond acceptors (Lipinski definition) is 2. The molecule has 1 amide bonds. The molecular weight excluding hydrogens is 252 g/mol. The Labute approximate surface area is 119 Å². The molecule has 2 aromatic heterocycles. The van der Waals surface area contributed by atoms with Crippen LogP contribution < -0.4 is 9.88 Å². The fourth-order valence-corrected chi connectivity index (χ4v) is 1.88. The highest BCUT2D eigenvalue weighted by atomic mass is 16.3. The van der Waals surface area contributed by atoms with Crippen molar-refractivity contribution in [2.24, 2.45) is 0 Å². The van der Waals surface area contributed by atoms with E-state index in [1.807, 2.05) is 29.1 Å². The summed E-state index contributed by atoms with van der Waals surface area (Å²) in [5.74, 6) is 0.723. The second-order valence-electron chi connectivity index (χ2n) is 5.87. The first-order chi connectivity index (χ1) is 9.45. The van der Waals surface area contributed by atoms with E-state index in [-0.39, 0.29) is 11.3 Å². The number of rotatable bonds is 4. The highest BCUT2D eigenvalue weighted by Crippen LogP contribution is 2.20. The minimum Gasteiger partial charge on any atom is -0.467 e. The molecule has 0 fully saturated rings. The van der Waals surface area contributed by atoms with Crippen LogP contribution in [0.5, 0.6) is 0 Å². The first-order valence-electron chi connectivity index (χ1n) is 6.74. The Morgan fingerprint density at radius 3 is 2.50 bits per heavy atom. The molecule has 2 aromatic rings. The van der Waals surface area contributed by atoms with Crippen molar-refractivity contribution in [1.82, 2.24) is 5.32 Å². The third-order valence-electron chi connectivity index (χ3n) is 3.12. The minimum atomic E-state index is -0.0325. The molecule has 4 nitrogen and oxygen atoms in total. The van der Waals surface area contributed by atoms with Gasteiger partial charge in [-0.15, -0.1) is 0 Å². The maximum atomic E-state index is 11.8.